The van der Waals surface area contributed by atoms with Gasteiger partial charge in [0.05, 0.1) is 49.4 Å². The van der Waals surface area contributed by atoms with E-state index in [-0.39, 0.29) is 17.5 Å². The maximum Gasteiger partial charge on any atom is 0.173 e. The Balaban J connectivity index is 0.000000253. The molecule has 0 amide bonds. The molecule has 9 heteroatoms. The van der Waals surface area contributed by atoms with Gasteiger partial charge in [-0.25, -0.2) is 0 Å². The summed E-state index contributed by atoms with van der Waals surface area (Å²) in [5.74, 6) is 3.72. The number of rotatable bonds is 24. The molecule has 7 aromatic rings. The fourth-order valence-corrected chi connectivity index (χ4v) is 10.2. The molecule has 0 radical (unpaired) electrons. The first-order valence-corrected chi connectivity index (χ1v) is 25.3. The van der Waals surface area contributed by atoms with Gasteiger partial charge in [-0.15, -0.1) is 0 Å². The monoisotopic (exact) mass is 1040 g/mol. The minimum absolute atomic E-state index is 0.0654. The third kappa shape index (κ3) is 12.8. The van der Waals surface area contributed by atoms with E-state index in [1.807, 2.05) is 77.9 Å². The van der Waals surface area contributed by atoms with Crippen LogP contribution in [0.3, 0.4) is 0 Å². The molecule has 0 aromatic heterocycles. The molecule has 9 nitrogen and oxygen atoms in total. The molecule has 0 spiro atoms. The van der Waals surface area contributed by atoms with Gasteiger partial charge in [0.2, 0.25) is 0 Å². The number of carbonyl (C=O) groups excluding carboxylic acids is 2. The average molecular weight is 1040 g/mol. The van der Waals surface area contributed by atoms with Gasteiger partial charge in [0.25, 0.3) is 0 Å². The fourth-order valence-electron chi connectivity index (χ4n) is 10.2. The number of hydrogen-bond donors (Lipinski definition) is 0. The Morgan fingerprint density at radius 1 is 0.410 bits per heavy atom. The lowest BCUT2D eigenvalue weighted by molar-refractivity contribution is 0.100. The summed E-state index contributed by atoms with van der Waals surface area (Å²) in [5, 5.41) is 2.18. The number of hydrogen-bond acceptors (Lipinski definition) is 9. The van der Waals surface area contributed by atoms with Gasteiger partial charge in [-0.1, -0.05) is 125 Å². The quantitative estimate of drug-likeness (QED) is 0.0333. The van der Waals surface area contributed by atoms with Crippen LogP contribution in [0.15, 0.2) is 187 Å². The lowest BCUT2D eigenvalue weighted by Crippen LogP contribution is -2.10. The predicted molar refractivity (Wildman–Crippen MR) is 317 cm³/mol. The van der Waals surface area contributed by atoms with Crippen molar-refractivity contribution in [2.75, 3.05) is 0 Å². The van der Waals surface area contributed by atoms with Crippen LogP contribution in [0.25, 0.3) is 16.8 Å². The van der Waals surface area contributed by atoms with Crippen LogP contribution in [0.4, 0.5) is 0 Å². The summed E-state index contributed by atoms with van der Waals surface area (Å²) in [7, 11) is 0. The third-order valence-corrected chi connectivity index (χ3v) is 13.2. The van der Waals surface area contributed by atoms with Gasteiger partial charge in [-0.05, 0) is 157 Å². The van der Waals surface area contributed by atoms with Crippen molar-refractivity contribution in [1.29, 1.82) is 0 Å². The summed E-state index contributed by atoms with van der Waals surface area (Å²) >= 11 is 0. The molecule has 1 atom stereocenters. The second-order valence-electron chi connectivity index (χ2n) is 18.6. The largest absolute Gasteiger partial charge is 0.465 e. The number of aryl methyl sites for hydroxylation is 6. The van der Waals surface area contributed by atoms with Crippen LogP contribution in [-0.4, -0.2) is 11.6 Å². The summed E-state index contributed by atoms with van der Waals surface area (Å²) in [5.41, 5.74) is 14.5. The molecule has 0 aliphatic heterocycles. The van der Waals surface area contributed by atoms with Gasteiger partial charge < -0.3 is 33.2 Å². The van der Waals surface area contributed by atoms with E-state index >= 15 is 0 Å². The highest BCUT2D eigenvalue weighted by Gasteiger charge is 2.26. The van der Waals surface area contributed by atoms with Crippen LogP contribution in [-0.2, 0) is 12.8 Å². The van der Waals surface area contributed by atoms with Crippen molar-refractivity contribution in [3.63, 3.8) is 0 Å². The van der Waals surface area contributed by atoms with Crippen LogP contribution in [0.1, 0.15) is 118 Å². The van der Waals surface area contributed by atoms with Crippen molar-refractivity contribution in [2.24, 2.45) is 0 Å². The van der Waals surface area contributed by atoms with Crippen molar-refractivity contribution < 1.29 is 42.7 Å². The van der Waals surface area contributed by atoms with Crippen molar-refractivity contribution >= 4 is 28.4 Å². The Labute approximate surface area is 460 Å². The molecule has 0 saturated carbocycles. The Morgan fingerprint density at radius 3 is 1.22 bits per heavy atom. The minimum Gasteiger partial charge on any atom is -0.465 e. The SMILES string of the molecule is C=COc1c(C)cc(Cc2c(OC=C)c(OC=C)c(Cc3cc(C)c(OC=C)c(C)c3)c3ccccc23)cc1C.C=COc1ccc(C(c2cc(C)c(C=C)c(C(C)=O)c2)c2cc(C)c(OC=C)c(C(C)=O)c2)cc1OC=C. The minimum atomic E-state index is -0.370. The Morgan fingerprint density at radius 2 is 0.795 bits per heavy atom. The number of Topliss-reactive ketones (excluding diaryl/α,β-unsaturated/α-hetero) is 2. The lowest BCUT2D eigenvalue weighted by Gasteiger charge is -2.24. The van der Waals surface area contributed by atoms with Crippen molar-refractivity contribution in [3.8, 4) is 40.2 Å². The number of benzene rings is 7. The molecule has 1 unspecified atom stereocenters. The van der Waals surface area contributed by atoms with Gasteiger partial charge in [0.1, 0.15) is 17.2 Å². The molecule has 7 aromatic carbocycles. The maximum atomic E-state index is 12.7. The van der Waals surface area contributed by atoms with Gasteiger partial charge in [0, 0.05) is 35.4 Å². The Hall–Kier alpha value is -9.34. The number of fused-ring (bicyclic) bond motifs is 1. The summed E-state index contributed by atoms with van der Waals surface area (Å²) in [6, 6.07) is 30.2. The smallest absolute Gasteiger partial charge is 0.173 e. The first-order chi connectivity index (χ1) is 37.5. The van der Waals surface area contributed by atoms with Crippen LogP contribution in [0, 0.1) is 41.5 Å². The van der Waals surface area contributed by atoms with E-state index in [0.29, 0.717) is 52.7 Å². The highest BCUT2D eigenvalue weighted by atomic mass is 16.5. The molecule has 0 bridgehead atoms. The third-order valence-electron chi connectivity index (χ3n) is 13.2. The normalized spacial score (nSPS) is 10.9. The zero-order valence-electron chi connectivity index (χ0n) is 46.1. The van der Waals surface area contributed by atoms with Gasteiger partial charge >= 0.3 is 0 Å². The molecule has 398 valence electrons. The summed E-state index contributed by atoms with van der Waals surface area (Å²) < 4.78 is 40.3. The Kier molecular flexibility index (Phi) is 19.6. The van der Waals surface area contributed by atoms with Crippen LogP contribution >= 0.6 is 0 Å². The molecule has 0 aliphatic rings. The zero-order valence-corrected chi connectivity index (χ0v) is 46.1. The number of carbonyl (C=O) groups is 2. The molecule has 0 saturated heterocycles. The van der Waals surface area contributed by atoms with Crippen LogP contribution in [0.5, 0.6) is 40.2 Å². The first-order valence-electron chi connectivity index (χ1n) is 25.3. The van der Waals surface area contributed by atoms with E-state index in [0.717, 1.165) is 100 Å². The summed E-state index contributed by atoms with van der Waals surface area (Å²) in [6.45, 7) is 45.0. The van der Waals surface area contributed by atoms with Crippen molar-refractivity contribution in [2.45, 2.75) is 74.1 Å². The maximum absolute atomic E-state index is 12.7. The Bertz CT molecular complexity index is 3350. The average Bonchev–Trinajstić information content (AvgIpc) is 3.56. The van der Waals surface area contributed by atoms with E-state index in [4.69, 9.17) is 33.2 Å². The number of ketones is 2. The van der Waals surface area contributed by atoms with Gasteiger partial charge in [0.15, 0.2) is 34.6 Å². The summed E-state index contributed by atoms with van der Waals surface area (Å²) in [4.78, 5) is 25.3. The van der Waals surface area contributed by atoms with Crippen LogP contribution in [0.2, 0.25) is 0 Å². The molecule has 0 fully saturated rings. The highest BCUT2D eigenvalue weighted by Crippen LogP contribution is 2.46. The zero-order chi connectivity index (χ0) is 56.8. The standard InChI is InChI=1S/C36H36O4.C33H32O5/c1-9-37-33-23(5)17-27(18-24(33)6)21-31-29-15-13-14-16-30(29)32(36(40-12-4)35(31)39-11-3)22-28-19-25(7)34(38-10-2)26(8)20-28;1-9-27-20(5)15-25(17-28(27)22(7)34)32(24-13-14-30(36-10-2)31(19-24)37-11-3)26-16-21(6)33(38-12-4)29(18-26)23(8)35/h9-20H,1-4,21-22H2,5-8H3;9-19,32H,1-4H2,5-8H3. The second kappa shape index (κ2) is 26.4. The fraction of sp³-hybridized carbons (Fsp3) is 0.159. The van der Waals surface area contributed by atoms with Crippen molar-refractivity contribution in [3.05, 3.63) is 276 Å². The first kappa shape index (κ1) is 57.9. The molecule has 0 aliphatic carbocycles. The van der Waals surface area contributed by atoms with Gasteiger partial charge in [-0.3, -0.25) is 9.59 Å². The molecule has 7 rings (SSSR count). The number of ether oxygens (including phenoxy) is 7. The van der Waals surface area contributed by atoms with E-state index in [9.17, 15) is 9.59 Å². The molecule has 0 N–H and O–H groups in total. The van der Waals surface area contributed by atoms with E-state index in [2.05, 4.69) is 101 Å². The second-order valence-corrected chi connectivity index (χ2v) is 18.6. The van der Waals surface area contributed by atoms with Gasteiger partial charge in [-0.2, -0.15) is 0 Å². The van der Waals surface area contributed by atoms with Crippen LogP contribution < -0.4 is 33.2 Å². The topological polar surface area (TPSA) is 98.8 Å². The van der Waals surface area contributed by atoms with E-state index in [1.165, 1.54) is 57.7 Å². The predicted octanol–water partition coefficient (Wildman–Crippen LogP) is 17.4. The van der Waals surface area contributed by atoms with Crippen molar-refractivity contribution in [1.82, 2.24) is 0 Å². The van der Waals surface area contributed by atoms with E-state index in [1.54, 1.807) is 12.1 Å². The van der Waals surface area contributed by atoms with E-state index < -0.39 is 0 Å². The molecular weight excluding hydrogens is 973 g/mol. The molecule has 0 heterocycles. The molecule has 78 heavy (non-hydrogen) atoms. The lowest BCUT2D eigenvalue weighted by atomic mass is 9.81. The highest BCUT2D eigenvalue weighted by molar-refractivity contribution is 5.99. The summed E-state index contributed by atoms with van der Waals surface area (Å²) in [6.07, 6.45) is 12.7. The molecular formula is C69H68O9.